The lowest BCUT2D eigenvalue weighted by Gasteiger charge is -2.14. The van der Waals surface area contributed by atoms with Crippen molar-refractivity contribution >= 4 is 11.9 Å². The Balaban J connectivity index is 2.55. The van der Waals surface area contributed by atoms with Crippen LogP contribution in [0.5, 0.6) is 0 Å². The van der Waals surface area contributed by atoms with Gasteiger partial charge < -0.3 is 10.1 Å². The van der Waals surface area contributed by atoms with Crippen LogP contribution in [0.4, 0.5) is 0 Å². The summed E-state index contributed by atoms with van der Waals surface area (Å²) in [6.07, 6.45) is 0.953. The summed E-state index contributed by atoms with van der Waals surface area (Å²) in [5.74, 6) is -0.905. The van der Waals surface area contributed by atoms with Crippen molar-refractivity contribution in [2.45, 2.75) is 52.7 Å². The third-order valence-electron chi connectivity index (χ3n) is 2.44. The molecule has 1 amide bonds. The Bertz CT molecular complexity index is 440. The molecule has 1 atom stereocenters. The van der Waals surface area contributed by atoms with Gasteiger partial charge in [0.15, 0.2) is 11.8 Å². The van der Waals surface area contributed by atoms with E-state index < -0.39 is 12.1 Å². The van der Waals surface area contributed by atoms with Crippen molar-refractivity contribution in [3.8, 4) is 0 Å². The van der Waals surface area contributed by atoms with Gasteiger partial charge in [0.1, 0.15) is 0 Å². The lowest BCUT2D eigenvalue weighted by Crippen LogP contribution is -2.39. The molecule has 0 bridgehead atoms. The summed E-state index contributed by atoms with van der Waals surface area (Å²) in [6.45, 7) is 7.26. The van der Waals surface area contributed by atoms with Crippen molar-refractivity contribution in [1.29, 1.82) is 0 Å². The first kappa shape index (κ1) is 15.2. The van der Waals surface area contributed by atoms with Crippen LogP contribution in [-0.4, -0.2) is 34.2 Å². The largest absolute Gasteiger partial charge is 0.448 e. The number of ether oxygens (including phenoxy) is 1. The normalized spacial score (nSPS) is 12.3. The third-order valence-corrected chi connectivity index (χ3v) is 2.44. The molecule has 19 heavy (non-hydrogen) atoms. The molecular formula is C13H21N3O3. The van der Waals surface area contributed by atoms with Crippen molar-refractivity contribution in [2.75, 3.05) is 0 Å². The molecule has 2 N–H and O–H groups in total. The van der Waals surface area contributed by atoms with Crippen LogP contribution in [0.3, 0.4) is 0 Å². The lowest BCUT2D eigenvalue weighted by atomic mass is 10.2. The second kappa shape index (κ2) is 6.92. The zero-order chi connectivity index (χ0) is 14.4. The molecule has 0 saturated heterocycles. The highest BCUT2D eigenvalue weighted by molar-refractivity contribution is 5.90. The summed E-state index contributed by atoms with van der Waals surface area (Å²) >= 11 is 0. The van der Waals surface area contributed by atoms with E-state index in [0.717, 1.165) is 18.5 Å². The predicted molar refractivity (Wildman–Crippen MR) is 70.7 cm³/mol. The van der Waals surface area contributed by atoms with E-state index in [1.165, 1.54) is 6.92 Å². The van der Waals surface area contributed by atoms with E-state index in [1.807, 2.05) is 20.8 Å². The zero-order valence-electron chi connectivity index (χ0n) is 11.8. The minimum absolute atomic E-state index is 0.00944. The van der Waals surface area contributed by atoms with E-state index in [9.17, 15) is 9.59 Å². The fraction of sp³-hybridized carbons (Fsp3) is 0.615. The molecule has 0 saturated carbocycles. The summed E-state index contributed by atoms with van der Waals surface area (Å²) in [4.78, 5) is 23.4. The SMILES string of the molecule is CCCc1cc(C(=O)OC(C)C(=O)NC(C)C)n[nH]1. The molecule has 0 spiro atoms. The topological polar surface area (TPSA) is 84.1 Å². The Hall–Kier alpha value is -1.85. The molecule has 0 fully saturated rings. The second-order valence-corrected chi connectivity index (χ2v) is 4.74. The van der Waals surface area contributed by atoms with Crippen LogP contribution >= 0.6 is 0 Å². The molecule has 6 nitrogen and oxygen atoms in total. The summed E-state index contributed by atoms with van der Waals surface area (Å²) in [7, 11) is 0. The van der Waals surface area contributed by atoms with Crippen LogP contribution in [0, 0.1) is 0 Å². The van der Waals surface area contributed by atoms with Gasteiger partial charge in [-0.2, -0.15) is 5.10 Å². The Morgan fingerprint density at radius 3 is 2.68 bits per heavy atom. The first-order valence-corrected chi connectivity index (χ1v) is 6.49. The van der Waals surface area contributed by atoms with Gasteiger partial charge in [0.25, 0.3) is 5.91 Å². The molecule has 106 valence electrons. The number of carbonyl (C=O) groups is 2. The van der Waals surface area contributed by atoms with Gasteiger partial charge in [0, 0.05) is 11.7 Å². The average Bonchev–Trinajstić information content (AvgIpc) is 2.77. The summed E-state index contributed by atoms with van der Waals surface area (Å²) < 4.78 is 5.06. The van der Waals surface area contributed by atoms with Crippen LogP contribution in [0.1, 0.15) is 50.3 Å². The highest BCUT2D eigenvalue weighted by atomic mass is 16.5. The number of aromatic amines is 1. The molecule has 1 aromatic rings. The van der Waals surface area contributed by atoms with Crippen LogP contribution in [0.25, 0.3) is 0 Å². The molecule has 1 rings (SSSR count). The number of rotatable bonds is 6. The number of aryl methyl sites for hydroxylation is 1. The van der Waals surface area contributed by atoms with E-state index >= 15 is 0 Å². The van der Waals surface area contributed by atoms with Crippen molar-refractivity contribution in [1.82, 2.24) is 15.5 Å². The molecular weight excluding hydrogens is 246 g/mol. The van der Waals surface area contributed by atoms with E-state index in [4.69, 9.17) is 4.74 Å². The predicted octanol–water partition coefficient (Wildman–Crippen LogP) is 1.43. The Morgan fingerprint density at radius 1 is 1.42 bits per heavy atom. The van der Waals surface area contributed by atoms with Crippen LogP contribution in [-0.2, 0) is 16.0 Å². The van der Waals surface area contributed by atoms with Gasteiger partial charge in [-0.15, -0.1) is 0 Å². The minimum Gasteiger partial charge on any atom is -0.448 e. The van der Waals surface area contributed by atoms with Crippen molar-refractivity contribution in [3.05, 3.63) is 17.5 Å². The van der Waals surface area contributed by atoms with E-state index in [2.05, 4.69) is 15.5 Å². The summed E-state index contributed by atoms with van der Waals surface area (Å²) in [5.41, 5.74) is 1.08. The number of amides is 1. The number of aromatic nitrogens is 2. The highest BCUT2D eigenvalue weighted by Gasteiger charge is 2.20. The van der Waals surface area contributed by atoms with Gasteiger partial charge in [-0.3, -0.25) is 9.89 Å². The van der Waals surface area contributed by atoms with Gasteiger partial charge >= 0.3 is 5.97 Å². The maximum Gasteiger partial charge on any atom is 0.359 e. The van der Waals surface area contributed by atoms with Crippen molar-refractivity contribution in [3.63, 3.8) is 0 Å². The molecule has 0 aliphatic rings. The number of H-pyrrole nitrogens is 1. The smallest absolute Gasteiger partial charge is 0.359 e. The molecule has 0 aliphatic carbocycles. The number of nitrogens with zero attached hydrogens (tertiary/aromatic N) is 1. The number of esters is 1. The van der Waals surface area contributed by atoms with Crippen molar-refractivity contribution in [2.24, 2.45) is 0 Å². The monoisotopic (exact) mass is 267 g/mol. The van der Waals surface area contributed by atoms with Gasteiger partial charge in [0.05, 0.1) is 0 Å². The molecule has 0 radical (unpaired) electrons. The minimum atomic E-state index is -0.832. The average molecular weight is 267 g/mol. The maximum absolute atomic E-state index is 11.8. The van der Waals surface area contributed by atoms with Gasteiger partial charge in [-0.1, -0.05) is 13.3 Å². The quantitative estimate of drug-likeness (QED) is 0.764. The number of hydrogen-bond donors (Lipinski definition) is 2. The summed E-state index contributed by atoms with van der Waals surface area (Å²) in [5, 5.41) is 9.33. The van der Waals surface area contributed by atoms with Gasteiger partial charge in [-0.25, -0.2) is 4.79 Å². The first-order chi connectivity index (χ1) is 8.93. The van der Waals surface area contributed by atoms with Crippen LogP contribution in [0.2, 0.25) is 0 Å². The van der Waals surface area contributed by atoms with E-state index in [-0.39, 0.29) is 17.6 Å². The second-order valence-electron chi connectivity index (χ2n) is 4.74. The van der Waals surface area contributed by atoms with Crippen LogP contribution in [0.15, 0.2) is 6.07 Å². The molecule has 1 heterocycles. The van der Waals surface area contributed by atoms with E-state index in [0.29, 0.717) is 0 Å². The van der Waals surface area contributed by atoms with Gasteiger partial charge in [-0.05, 0) is 33.3 Å². The van der Waals surface area contributed by atoms with Crippen LogP contribution < -0.4 is 5.32 Å². The number of carbonyl (C=O) groups excluding carboxylic acids is 2. The Morgan fingerprint density at radius 2 is 2.11 bits per heavy atom. The standard InChI is InChI=1S/C13H21N3O3/c1-5-6-10-7-11(16-15-10)13(18)19-9(4)12(17)14-8(2)3/h7-9H,5-6H2,1-4H3,(H,14,17)(H,15,16). The fourth-order valence-corrected chi connectivity index (χ4v) is 1.54. The molecule has 0 aliphatic heterocycles. The van der Waals surface area contributed by atoms with Gasteiger partial charge in [0.2, 0.25) is 0 Å². The first-order valence-electron chi connectivity index (χ1n) is 6.49. The highest BCUT2D eigenvalue weighted by Crippen LogP contribution is 2.06. The molecule has 0 aromatic carbocycles. The number of hydrogen-bond acceptors (Lipinski definition) is 4. The molecule has 1 unspecified atom stereocenters. The number of nitrogens with one attached hydrogen (secondary N) is 2. The van der Waals surface area contributed by atoms with E-state index in [1.54, 1.807) is 6.07 Å². The summed E-state index contributed by atoms with van der Waals surface area (Å²) in [6, 6.07) is 1.66. The lowest BCUT2D eigenvalue weighted by molar-refractivity contribution is -0.129. The Labute approximate surface area is 112 Å². The third kappa shape index (κ3) is 4.73. The Kier molecular flexibility index (Phi) is 5.54. The fourth-order valence-electron chi connectivity index (χ4n) is 1.54. The zero-order valence-corrected chi connectivity index (χ0v) is 11.8. The molecule has 1 aromatic heterocycles. The molecule has 6 heteroatoms. The maximum atomic E-state index is 11.8. The van der Waals surface area contributed by atoms with Crippen molar-refractivity contribution < 1.29 is 14.3 Å².